The molecule has 4 N–H and O–H groups in total. The van der Waals surface area contributed by atoms with Crippen molar-refractivity contribution in [3.05, 3.63) is 23.4 Å². The van der Waals surface area contributed by atoms with Crippen molar-refractivity contribution < 1.29 is 19.7 Å². The number of esters is 1. The van der Waals surface area contributed by atoms with Gasteiger partial charge in [-0.3, -0.25) is 4.79 Å². The normalized spacial score (nSPS) is 14.1. The monoisotopic (exact) mass is 240 g/mol. The van der Waals surface area contributed by atoms with E-state index in [2.05, 4.69) is 9.72 Å². The van der Waals surface area contributed by atoms with Gasteiger partial charge in [0.25, 0.3) is 0 Å². The molecule has 0 fully saturated rings. The van der Waals surface area contributed by atoms with Gasteiger partial charge in [-0.1, -0.05) is 6.07 Å². The summed E-state index contributed by atoms with van der Waals surface area (Å²) >= 11 is 0. The molecule has 0 aromatic carbocycles. The number of hydrogen-bond donors (Lipinski definition) is 3. The lowest BCUT2D eigenvalue weighted by Crippen LogP contribution is -2.23. The zero-order valence-corrected chi connectivity index (χ0v) is 9.75. The topological polar surface area (TPSA) is 106 Å². The molecule has 1 rings (SSSR count). The number of anilines is 1. The summed E-state index contributed by atoms with van der Waals surface area (Å²) < 4.78 is 4.41. The number of aryl methyl sites for hydroxylation is 1. The number of aliphatic hydroxyl groups excluding tert-OH is 2. The summed E-state index contributed by atoms with van der Waals surface area (Å²) in [4.78, 5) is 14.9. The van der Waals surface area contributed by atoms with Crippen LogP contribution in [0.1, 0.15) is 23.8 Å². The number of carbonyl (C=O) groups excluding carboxylic acids is 1. The Hall–Kier alpha value is -1.66. The largest absolute Gasteiger partial charge is 0.469 e. The number of pyridine rings is 1. The van der Waals surface area contributed by atoms with E-state index in [1.165, 1.54) is 13.2 Å². The van der Waals surface area contributed by atoms with E-state index in [1.807, 2.05) is 0 Å². The van der Waals surface area contributed by atoms with Crippen molar-refractivity contribution in [2.24, 2.45) is 0 Å². The zero-order valence-electron chi connectivity index (χ0n) is 9.75. The minimum absolute atomic E-state index is 0.276. The van der Waals surface area contributed by atoms with Gasteiger partial charge in [-0.05, 0) is 13.0 Å². The first kappa shape index (κ1) is 13.4. The highest BCUT2D eigenvalue weighted by Gasteiger charge is 2.23. The summed E-state index contributed by atoms with van der Waals surface area (Å²) in [7, 11) is 1.22. The first-order chi connectivity index (χ1) is 7.95. The molecule has 0 radical (unpaired) electrons. The van der Waals surface area contributed by atoms with Crippen LogP contribution in [0.5, 0.6) is 0 Å². The Bertz CT molecular complexity index is 408. The lowest BCUT2D eigenvalue weighted by Gasteiger charge is -2.18. The van der Waals surface area contributed by atoms with Crippen molar-refractivity contribution in [2.75, 3.05) is 12.8 Å². The highest BCUT2D eigenvalue weighted by Crippen LogP contribution is 2.22. The Labute approximate surface area is 99.0 Å². The summed E-state index contributed by atoms with van der Waals surface area (Å²) in [6.45, 7) is 1.67. The maximum Gasteiger partial charge on any atom is 0.308 e. The van der Waals surface area contributed by atoms with E-state index in [0.29, 0.717) is 17.1 Å². The molecule has 2 atom stereocenters. The average Bonchev–Trinajstić information content (AvgIpc) is 2.28. The van der Waals surface area contributed by atoms with Gasteiger partial charge in [0, 0.05) is 11.3 Å². The van der Waals surface area contributed by atoms with Gasteiger partial charge in [0.2, 0.25) is 0 Å². The van der Waals surface area contributed by atoms with Crippen molar-refractivity contribution in [3.8, 4) is 0 Å². The maximum atomic E-state index is 11.0. The smallest absolute Gasteiger partial charge is 0.308 e. The number of nitrogens with two attached hydrogens (primary N) is 1. The fourth-order valence-corrected chi connectivity index (χ4v) is 1.48. The molecule has 2 unspecified atom stereocenters. The quantitative estimate of drug-likeness (QED) is 0.636. The number of aliphatic hydroxyl groups is 2. The lowest BCUT2D eigenvalue weighted by molar-refractivity contribution is -0.144. The molecule has 0 aliphatic rings. The van der Waals surface area contributed by atoms with Gasteiger partial charge >= 0.3 is 5.97 Å². The summed E-state index contributed by atoms with van der Waals surface area (Å²) in [5.41, 5.74) is 6.43. The lowest BCUT2D eigenvalue weighted by atomic mass is 10.0. The zero-order chi connectivity index (χ0) is 13.0. The van der Waals surface area contributed by atoms with E-state index in [4.69, 9.17) is 5.73 Å². The van der Waals surface area contributed by atoms with Crippen LogP contribution < -0.4 is 5.73 Å². The van der Waals surface area contributed by atoms with Crippen molar-refractivity contribution in [2.45, 2.75) is 25.6 Å². The number of hydrogen-bond acceptors (Lipinski definition) is 6. The summed E-state index contributed by atoms with van der Waals surface area (Å²) in [5, 5.41) is 19.5. The average molecular weight is 240 g/mol. The van der Waals surface area contributed by atoms with Crippen molar-refractivity contribution in [3.63, 3.8) is 0 Å². The van der Waals surface area contributed by atoms with E-state index in [1.54, 1.807) is 13.0 Å². The van der Waals surface area contributed by atoms with Crippen LogP contribution in [0.3, 0.4) is 0 Å². The van der Waals surface area contributed by atoms with E-state index in [9.17, 15) is 15.0 Å². The van der Waals surface area contributed by atoms with Crippen LogP contribution in [-0.2, 0) is 9.53 Å². The molecular formula is C11H16N2O4. The second-order valence-electron chi connectivity index (χ2n) is 3.70. The predicted molar refractivity (Wildman–Crippen MR) is 61.0 cm³/mol. The molecule has 6 nitrogen and oxygen atoms in total. The molecule has 94 valence electrons. The second kappa shape index (κ2) is 5.60. The predicted octanol–water partition coefficient (Wildman–Crippen LogP) is -0.0704. The van der Waals surface area contributed by atoms with Crippen LogP contribution in [-0.4, -0.2) is 34.4 Å². The van der Waals surface area contributed by atoms with Crippen molar-refractivity contribution >= 4 is 11.8 Å². The minimum Gasteiger partial charge on any atom is -0.469 e. The number of nitrogen functional groups attached to an aromatic ring is 1. The van der Waals surface area contributed by atoms with Crippen molar-refractivity contribution in [1.82, 2.24) is 4.98 Å². The first-order valence-corrected chi connectivity index (χ1v) is 5.11. The molecule has 0 amide bonds. The fourth-order valence-electron chi connectivity index (χ4n) is 1.48. The summed E-state index contributed by atoms with van der Waals surface area (Å²) in [6, 6.07) is 3.10. The molecule has 6 heteroatoms. The van der Waals surface area contributed by atoms with E-state index >= 15 is 0 Å². The van der Waals surface area contributed by atoms with E-state index in [0.717, 1.165) is 0 Å². The highest BCUT2D eigenvalue weighted by molar-refractivity contribution is 5.69. The standard InChI is InChI=1S/C11H16N2O4/c1-6-7(3-4-9(12)13-6)11(16)8(14)5-10(15)17-2/h3-4,8,11,14,16H,5H2,1-2H3,(H2,12,13). The SMILES string of the molecule is COC(=O)CC(O)C(O)c1ccc(N)nc1C. The van der Waals surface area contributed by atoms with Crippen LogP contribution >= 0.6 is 0 Å². The molecule has 0 aliphatic heterocycles. The first-order valence-electron chi connectivity index (χ1n) is 5.11. The molecule has 0 aliphatic carbocycles. The number of ether oxygens (including phenoxy) is 1. The molecular weight excluding hydrogens is 224 g/mol. The minimum atomic E-state index is -1.23. The third kappa shape index (κ3) is 3.40. The highest BCUT2D eigenvalue weighted by atomic mass is 16.5. The summed E-state index contributed by atoms with van der Waals surface area (Å²) in [6.07, 6.45) is -2.70. The number of aromatic nitrogens is 1. The molecule has 1 aromatic rings. The third-order valence-electron chi connectivity index (χ3n) is 2.43. The van der Waals surface area contributed by atoms with Crippen LogP contribution in [0.15, 0.2) is 12.1 Å². The van der Waals surface area contributed by atoms with Crippen molar-refractivity contribution in [1.29, 1.82) is 0 Å². The van der Waals surface area contributed by atoms with Gasteiger partial charge < -0.3 is 20.7 Å². The Morgan fingerprint density at radius 3 is 2.71 bits per heavy atom. The number of rotatable bonds is 4. The molecule has 0 saturated carbocycles. The van der Waals surface area contributed by atoms with Crippen LogP contribution in [0.25, 0.3) is 0 Å². The maximum absolute atomic E-state index is 11.0. The molecule has 0 spiro atoms. The van der Waals surface area contributed by atoms with Crippen LogP contribution in [0, 0.1) is 6.92 Å². The molecule has 1 heterocycles. The second-order valence-corrected chi connectivity index (χ2v) is 3.70. The molecule has 0 saturated heterocycles. The van der Waals surface area contributed by atoms with Crippen LogP contribution in [0.2, 0.25) is 0 Å². The Balaban J connectivity index is 2.81. The van der Waals surface area contributed by atoms with Gasteiger partial charge in [-0.25, -0.2) is 4.98 Å². The van der Waals surface area contributed by atoms with Gasteiger partial charge in [0.05, 0.1) is 19.6 Å². The number of methoxy groups -OCH3 is 1. The fraction of sp³-hybridized carbons (Fsp3) is 0.455. The Morgan fingerprint density at radius 1 is 1.53 bits per heavy atom. The number of nitrogens with zero attached hydrogens (tertiary/aromatic N) is 1. The third-order valence-corrected chi connectivity index (χ3v) is 2.43. The Kier molecular flexibility index (Phi) is 4.42. The van der Waals surface area contributed by atoms with E-state index in [-0.39, 0.29) is 6.42 Å². The van der Waals surface area contributed by atoms with Gasteiger partial charge in [0.1, 0.15) is 11.9 Å². The Morgan fingerprint density at radius 2 is 2.18 bits per heavy atom. The summed E-state index contributed by atoms with van der Waals surface area (Å²) in [5.74, 6) is -0.251. The number of carbonyl (C=O) groups is 1. The van der Waals surface area contributed by atoms with E-state index < -0.39 is 18.2 Å². The van der Waals surface area contributed by atoms with Gasteiger partial charge in [-0.15, -0.1) is 0 Å². The van der Waals surface area contributed by atoms with Gasteiger partial charge in [-0.2, -0.15) is 0 Å². The van der Waals surface area contributed by atoms with Crippen LogP contribution in [0.4, 0.5) is 5.82 Å². The van der Waals surface area contributed by atoms with Gasteiger partial charge in [0.15, 0.2) is 0 Å². The molecule has 0 bridgehead atoms. The molecule has 17 heavy (non-hydrogen) atoms. The molecule has 1 aromatic heterocycles.